The molecular formula is C15H12Cl3NO3. The van der Waals surface area contributed by atoms with Crippen LogP contribution < -0.4 is 10.1 Å². The van der Waals surface area contributed by atoms with Gasteiger partial charge < -0.3 is 15.2 Å². The molecule has 0 fully saturated rings. The van der Waals surface area contributed by atoms with Crippen LogP contribution in [0.4, 0.5) is 5.69 Å². The largest absolute Gasteiger partial charge is 0.495 e. The Hall–Kier alpha value is -1.62. The van der Waals surface area contributed by atoms with Crippen LogP contribution in [0.25, 0.3) is 0 Å². The van der Waals surface area contributed by atoms with E-state index in [1.807, 2.05) is 0 Å². The molecule has 0 heterocycles. The highest BCUT2D eigenvalue weighted by atomic mass is 35.5. The average Bonchev–Trinajstić information content (AvgIpc) is 2.45. The molecule has 0 spiro atoms. The lowest BCUT2D eigenvalue weighted by molar-refractivity contribution is 0.0697. The molecule has 0 aliphatic carbocycles. The number of benzene rings is 2. The Morgan fingerprint density at radius 1 is 1.18 bits per heavy atom. The number of hydrogen-bond donors (Lipinski definition) is 2. The summed E-state index contributed by atoms with van der Waals surface area (Å²) in [7, 11) is 1.52. The van der Waals surface area contributed by atoms with Crippen molar-refractivity contribution in [2.75, 3.05) is 12.4 Å². The molecule has 2 aromatic rings. The second-order valence-corrected chi connectivity index (χ2v) is 5.68. The van der Waals surface area contributed by atoms with Gasteiger partial charge >= 0.3 is 5.97 Å². The number of ether oxygens (including phenoxy) is 1. The van der Waals surface area contributed by atoms with Crippen LogP contribution in [0, 0.1) is 0 Å². The minimum absolute atomic E-state index is 0.0303. The molecule has 0 radical (unpaired) electrons. The van der Waals surface area contributed by atoms with Crippen molar-refractivity contribution in [3.05, 3.63) is 56.5 Å². The lowest BCUT2D eigenvalue weighted by atomic mass is 10.1. The quantitative estimate of drug-likeness (QED) is 0.790. The zero-order valence-electron chi connectivity index (χ0n) is 11.5. The van der Waals surface area contributed by atoms with Crippen LogP contribution in [-0.4, -0.2) is 18.2 Å². The zero-order chi connectivity index (χ0) is 16.3. The van der Waals surface area contributed by atoms with E-state index in [4.69, 9.17) is 44.6 Å². The molecule has 0 aliphatic heterocycles. The first kappa shape index (κ1) is 16.7. The summed E-state index contributed by atoms with van der Waals surface area (Å²) in [5, 5.41) is 13.2. The van der Waals surface area contributed by atoms with E-state index in [1.165, 1.54) is 19.2 Å². The Labute approximate surface area is 142 Å². The first-order valence-corrected chi connectivity index (χ1v) is 7.34. The first-order valence-electron chi connectivity index (χ1n) is 6.21. The van der Waals surface area contributed by atoms with Crippen LogP contribution in [-0.2, 0) is 6.54 Å². The van der Waals surface area contributed by atoms with Crippen molar-refractivity contribution in [2.45, 2.75) is 6.54 Å². The molecule has 0 unspecified atom stereocenters. The van der Waals surface area contributed by atoms with Crippen molar-refractivity contribution in [1.82, 2.24) is 0 Å². The molecule has 0 bridgehead atoms. The van der Waals surface area contributed by atoms with E-state index in [-0.39, 0.29) is 10.6 Å². The highest BCUT2D eigenvalue weighted by molar-refractivity contribution is 6.35. The second-order valence-electron chi connectivity index (χ2n) is 4.43. The fourth-order valence-electron chi connectivity index (χ4n) is 1.97. The summed E-state index contributed by atoms with van der Waals surface area (Å²) in [6.07, 6.45) is 0. The normalized spacial score (nSPS) is 10.4. The summed E-state index contributed by atoms with van der Waals surface area (Å²) in [6.45, 7) is 0.365. The molecule has 2 rings (SSSR count). The van der Waals surface area contributed by atoms with Gasteiger partial charge in [-0.2, -0.15) is 0 Å². The molecule has 116 valence electrons. The van der Waals surface area contributed by atoms with Crippen molar-refractivity contribution < 1.29 is 14.6 Å². The third-order valence-corrected chi connectivity index (χ3v) is 3.80. The van der Waals surface area contributed by atoms with Gasteiger partial charge in [-0.05, 0) is 30.3 Å². The van der Waals surface area contributed by atoms with Crippen LogP contribution in [0.2, 0.25) is 15.1 Å². The molecule has 0 atom stereocenters. The average molecular weight is 361 g/mol. The van der Waals surface area contributed by atoms with Gasteiger partial charge in [0.15, 0.2) is 0 Å². The Morgan fingerprint density at radius 2 is 1.91 bits per heavy atom. The van der Waals surface area contributed by atoms with Gasteiger partial charge in [0.05, 0.1) is 22.7 Å². The Morgan fingerprint density at radius 3 is 2.55 bits per heavy atom. The number of carboxylic acids is 1. The highest BCUT2D eigenvalue weighted by Crippen LogP contribution is 2.32. The SMILES string of the molecule is COc1c(Cl)cc(Cl)cc1CNc1ccc(Cl)c(C(=O)O)c1. The first-order chi connectivity index (χ1) is 10.4. The minimum atomic E-state index is -1.09. The van der Waals surface area contributed by atoms with Gasteiger partial charge in [-0.1, -0.05) is 34.8 Å². The third-order valence-electron chi connectivity index (χ3n) is 2.97. The summed E-state index contributed by atoms with van der Waals surface area (Å²) in [5.74, 6) is -0.567. The van der Waals surface area contributed by atoms with Gasteiger partial charge in [0, 0.05) is 22.8 Å². The summed E-state index contributed by atoms with van der Waals surface area (Å²) in [6, 6.07) is 8.00. The molecule has 0 saturated heterocycles. The van der Waals surface area contributed by atoms with E-state index in [1.54, 1.807) is 18.2 Å². The summed E-state index contributed by atoms with van der Waals surface area (Å²) in [4.78, 5) is 11.1. The fraction of sp³-hybridized carbons (Fsp3) is 0.133. The van der Waals surface area contributed by atoms with Crippen LogP contribution >= 0.6 is 34.8 Å². The molecule has 0 saturated carbocycles. The number of methoxy groups -OCH3 is 1. The summed E-state index contributed by atoms with van der Waals surface area (Å²) >= 11 is 17.9. The van der Waals surface area contributed by atoms with E-state index in [0.29, 0.717) is 28.0 Å². The predicted octanol–water partition coefficient (Wildman–Crippen LogP) is 4.97. The number of nitrogens with one attached hydrogen (secondary N) is 1. The molecular weight excluding hydrogens is 349 g/mol. The predicted molar refractivity (Wildman–Crippen MR) is 88.8 cm³/mol. The number of aromatic carboxylic acids is 1. The Kier molecular flexibility index (Phi) is 5.40. The standard InChI is InChI=1S/C15H12Cl3NO3/c1-22-14-8(4-9(16)5-13(14)18)7-19-10-2-3-12(17)11(6-10)15(20)21/h2-6,19H,7H2,1H3,(H,20,21). The number of carbonyl (C=O) groups is 1. The number of halogens is 3. The van der Waals surface area contributed by atoms with Crippen molar-refractivity contribution in [2.24, 2.45) is 0 Å². The van der Waals surface area contributed by atoms with Crippen LogP contribution in [0.15, 0.2) is 30.3 Å². The number of rotatable bonds is 5. The van der Waals surface area contributed by atoms with Gasteiger partial charge in [-0.15, -0.1) is 0 Å². The molecule has 22 heavy (non-hydrogen) atoms. The maximum Gasteiger partial charge on any atom is 0.337 e. The lowest BCUT2D eigenvalue weighted by Gasteiger charge is -2.13. The molecule has 2 N–H and O–H groups in total. The molecule has 0 aromatic heterocycles. The van der Waals surface area contributed by atoms with E-state index in [2.05, 4.69) is 5.32 Å². The van der Waals surface area contributed by atoms with Crippen molar-refractivity contribution in [3.8, 4) is 5.75 Å². The van der Waals surface area contributed by atoms with Crippen molar-refractivity contribution in [3.63, 3.8) is 0 Å². The fourth-order valence-corrected chi connectivity index (χ4v) is 2.78. The van der Waals surface area contributed by atoms with Gasteiger partial charge in [0.1, 0.15) is 5.75 Å². The lowest BCUT2D eigenvalue weighted by Crippen LogP contribution is -2.04. The second kappa shape index (κ2) is 7.09. The Bertz CT molecular complexity index is 719. The zero-order valence-corrected chi connectivity index (χ0v) is 13.8. The van der Waals surface area contributed by atoms with Crippen molar-refractivity contribution >= 4 is 46.5 Å². The maximum atomic E-state index is 11.1. The van der Waals surface area contributed by atoms with Crippen molar-refractivity contribution in [1.29, 1.82) is 0 Å². The van der Waals surface area contributed by atoms with E-state index >= 15 is 0 Å². The smallest absolute Gasteiger partial charge is 0.337 e. The molecule has 7 heteroatoms. The van der Waals surface area contributed by atoms with E-state index < -0.39 is 5.97 Å². The minimum Gasteiger partial charge on any atom is -0.495 e. The monoisotopic (exact) mass is 359 g/mol. The summed E-state index contributed by atoms with van der Waals surface area (Å²) < 4.78 is 5.25. The number of carboxylic acid groups (broad SMARTS) is 1. The highest BCUT2D eigenvalue weighted by Gasteiger charge is 2.12. The maximum absolute atomic E-state index is 11.1. The molecule has 0 amide bonds. The third kappa shape index (κ3) is 3.77. The number of hydrogen-bond acceptors (Lipinski definition) is 3. The van der Waals surface area contributed by atoms with Gasteiger partial charge in [-0.3, -0.25) is 0 Å². The molecule has 4 nitrogen and oxygen atoms in total. The Balaban J connectivity index is 2.24. The van der Waals surface area contributed by atoms with Crippen LogP contribution in [0.1, 0.15) is 15.9 Å². The van der Waals surface area contributed by atoms with E-state index in [9.17, 15) is 4.79 Å². The number of anilines is 1. The van der Waals surface area contributed by atoms with Gasteiger partial charge in [0.2, 0.25) is 0 Å². The van der Waals surface area contributed by atoms with Gasteiger partial charge in [0.25, 0.3) is 0 Å². The summed E-state index contributed by atoms with van der Waals surface area (Å²) in [5.41, 5.74) is 1.40. The van der Waals surface area contributed by atoms with Crippen LogP contribution in [0.3, 0.4) is 0 Å². The van der Waals surface area contributed by atoms with Gasteiger partial charge in [-0.25, -0.2) is 4.79 Å². The molecule has 0 aliphatic rings. The molecule has 2 aromatic carbocycles. The van der Waals surface area contributed by atoms with Crippen LogP contribution in [0.5, 0.6) is 5.75 Å². The topological polar surface area (TPSA) is 58.6 Å². The van der Waals surface area contributed by atoms with E-state index in [0.717, 1.165) is 5.56 Å².